The molecule has 6 rings (SSSR count). The summed E-state index contributed by atoms with van der Waals surface area (Å²) in [5, 5.41) is 15.8. The maximum absolute atomic E-state index is 9.82. The zero-order valence-electron chi connectivity index (χ0n) is 21.9. The van der Waals surface area contributed by atoms with Crippen LogP contribution in [0.15, 0.2) is 102 Å². The maximum atomic E-state index is 9.82. The fraction of sp³-hybridized carbons (Fsp3) is 0.125. The quantitative estimate of drug-likeness (QED) is 0.213. The lowest BCUT2D eigenvalue weighted by Gasteiger charge is -2.11. The first-order valence-electron chi connectivity index (χ1n) is 12.9. The van der Waals surface area contributed by atoms with Gasteiger partial charge in [0.2, 0.25) is 0 Å². The first-order chi connectivity index (χ1) is 19.0. The number of nitrogens with two attached hydrogens (primary N) is 1. The Balaban J connectivity index is 1.59. The van der Waals surface area contributed by atoms with Crippen molar-refractivity contribution in [3.63, 3.8) is 0 Å². The average molecular weight is 532 g/mol. The van der Waals surface area contributed by atoms with E-state index >= 15 is 0 Å². The molecule has 3 aromatic carbocycles. The summed E-state index contributed by atoms with van der Waals surface area (Å²) in [7, 11) is 0. The number of nitrogens with zero attached hydrogens (tertiary/aromatic N) is 4. The zero-order chi connectivity index (χ0) is 26.9. The van der Waals surface area contributed by atoms with Gasteiger partial charge in [0.1, 0.15) is 5.69 Å². The van der Waals surface area contributed by atoms with Gasteiger partial charge in [-0.25, -0.2) is 4.98 Å². The minimum absolute atomic E-state index is 0.0102. The Morgan fingerprint density at radius 1 is 0.897 bits per heavy atom. The van der Waals surface area contributed by atoms with Crippen molar-refractivity contribution in [1.29, 1.82) is 0 Å². The van der Waals surface area contributed by atoms with Crippen LogP contribution >= 0.6 is 11.9 Å². The second-order valence-electron chi connectivity index (χ2n) is 9.56. The molecule has 0 spiro atoms. The normalized spacial score (nSPS) is 11.4. The summed E-state index contributed by atoms with van der Waals surface area (Å²) in [5.74, 6) is 0. The minimum Gasteiger partial charge on any atom is -0.399 e. The van der Waals surface area contributed by atoms with Crippen molar-refractivity contribution in [3.8, 4) is 33.6 Å². The summed E-state index contributed by atoms with van der Waals surface area (Å²) in [6.45, 7) is 4.94. The van der Waals surface area contributed by atoms with Gasteiger partial charge in [-0.3, -0.25) is 8.65 Å². The molecule has 0 aliphatic heterocycles. The number of aliphatic hydroxyl groups is 1. The molecule has 0 saturated heterocycles. The predicted octanol–water partition coefficient (Wildman–Crippen LogP) is 7.19. The van der Waals surface area contributed by atoms with E-state index < -0.39 is 0 Å². The Hall–Kier alpha value is -4.33. The SMILES string of the molecule is CCn1cc(-c2ccnc3c2cc(-c2cccc(CO)c2)n3Sc2cccc(C)c2)c(-c2ccc(N)cc2)n1. The summed E-state index contributed by atoms with van der Waals surface area (Å²) in [5.41, 5.74) is 15.7. The van der Waals surface area contributed by atoms with Gasteiger partial charge >= 0.3 is 0 Å². The molecule has 0 aliphatic carbocycles. The van der Waals surface area contributed by atoms with E-state index in [1.165, 1.54) is 5.56 Å². The Labute approximate surface area is 231 Å². The molecule has 0 atom stereocenters. The van der Waals surface area contributed by atoms with Gasteiger partial charge in [0.15, 0.2) is 5.65 Å². The maximum Gasteiger partial charge on any atom is 0.151 e. The molecule has 6 aromatic rings. The Morgan fingerprint density at radius 2 is 1.72 bits per heavy atom. The largest absolute Gasteiger partial charge is 0.399 e. The van der Waals surface area contributed by atoms with Crippen LogP contribution < -0.4 is 5.73 Å². The standard InChI is InChI=1S/C32H29N5OS/c1-3-36-19-29(31(35-36)23-10-12-25(33)13-11-23)27-14-15-34-32-28(27)18-30(24-8-5-7-22(17-24)20-38)37(32)39-26-9-4-6-21(2)16-26/h4-19,38H,3,20,33H2,1-2H3. The van der Waals surface area contributed by atoms with E-state index in [4.69, 9.17) is 15.8 Å². The number of aliphatic hydroxyl groups excluding tert-OH is 1. The number of aromatic nitrogens is 4. The highest BCUT2D eigenvalue weighted by molar-refractivity contribution is 7.98. The molecule has 0 fully saturated rings. The third-order valence-electron chi connectivity index (χ3n) is 6.81. The molecule has 194 valence electrons. The van der Waals surface area contributed by atoms with Gasteiger partial charge in [0.25, 0.3) is 0 Å². The van der Waals surface area contributed by atoms with Crippen LogP contribution in [0.2, 0.25) is 0 Å². The molecule has 3 heterocycles. The van der Waals surface area contributed by atoms with Crippen molar-refractivity contribution in [1.82, 2.24) is 18.7 Å². The summed E-state index contributed by atoms with van der Waals surface area (Å²) in [4.78, 5) is 5.99. The zero-order valence-corrected chi connectivity index (χ0v) is 22.7. The number of hydrogen-bond acceptors (Lipinski definition) is 5. The van der Waals surface area contributed by atoms with Crippen molar-refractivity contribution < 1.29 is 5.11 Å². The molecule has 0 bridgehead atoms. The second-order valence-corrected chi connectivity index (χ2v) is 10.6. The molecule has 39 heavy (non-hydrogen) atoms. The van der Waals surface area contributed by atoms with Crippen LogP contribution in [-0.4, -0.2) is 23.8 Å². The molecule has 7 heteroatoms. The van der Waals surface area contributed by atoms with Crippen LogP contribution in [0.1, 0.15) is 18.1 Å². The van der Waals surface area contributed by atoms with Crippen molar-refractivity contribution in [2.45, 2.75) is 31.9 Å². The Kier molecular flexibility index (Phi) is 6.69. The number of anilines is 1. The number of pyridine rings is 1. The van der Waals surface area contributed by atoms with Gasteiger partial charge < -0.3 is 10.8 Å². The molecule has 0 radical (unpaired) electrons. The van der Waals surface area contributed by atoms with Crippen LogP contribution in [0.3, 0.4) is 0 Å². The monoisotopic (exact) mass is 531 g/mol. The predicted molar refractivity (Wildman–Crippen MR) is 160 cm³/mol. The van der Waals surface area contributed by atoms with Crippen LogP contribution in [0.5, 0.6) is 0 Å². The summed E-state index contributed by atoms with van der Waals surface area (Å²) < 4.78 is 4.16. The van der Waals surface area contributed by atoms with Crippen LogP contribution in [0.4, 0.5) is 5.69 Å². The smallest absolute Gasteiger partial charge is 0.151 e. The second kappa shape index (κ2) is 10.4. The van der Waals surface area contributed by atoms with Gasteiger partial charge in [0, 0.05) is 46.0 Å². The third-order valence-corrected chi connectivity index (χ3v) is 7.83. The molecule has 0 amide bonds. The molecule has 0 saturated carbocycles. The van der Waals surface area contributed by atoms with Gasteiger partial charge in [-0.05, 0) is 90.5 Å². The van der Waals surface area contributed by atoms with E-state index in [0.29, 0.717) is 0 Å². The highest BCUT2D eigenvalue weighted by Gasteiger charge is 2.20. The summed E-state index contributed by atoms with van der Waals surface area (Å²) >= 11 is 1.65. The van der Waals surface area contributed by atoms with Crippen molar-refractivity contribution in [3.05, 3.63) is 108 Å². The lowest BCUT2D eigenvalue weighted by molar-refractivity contribution is 0.282. The number of rotatable bonds is 7. The molecular formula is C32H29N5OS. The number of nitrogen functional groups attached to an aromatic ring is 1. The average Bonchev–Trinajstić information content (AvgIpc) is 3.56. The van der Waals surface area contributed by atoms with E-state index in [1.54, 1.807) is 11.9 Å². The van der Waals surface area contributed by atoms with Crippen molar-refractivity contribution in [2.75, 3.05) is 5.73 Å². The molecule has 0 aliphatic rings. The molecular weight excluding hydrogens is 502 g/mol. The fourth-order valence-corrected chi connectivity index (χ4v) is 5.92. The van der Waals surface area contributed by atoms with Gasteiger partial charge in [-0.1, -0.05) is 42.5 Å². The van der Waals surface area contributed by atoms with Crippen LogP contribution in [0, 0.1) is 6.92 Å². The van der Waals surface area contributed by atoms with Gasteiger partial charge in [0.05, 0.1) is 12.3 Å². The van der Waals surface area contributed by atoms with E-state index in [1.807, 2.05) is 53.3 Å². The fourth-order valence-electron chi connectivity index (χ4n) is 4.84. The van der Waals surface area contributed by atoms with Crippen molar-refractivity contribution in [2.24, 2.45) is 0 Å². The van der Waals surface area contributed by atoms with Crippen molar-refractivity contribution >= 4 is 28.7 Å². The van der Waals surface area contributed by atoms with E-state index in [9.17, 15) is 5.11 Å². The number of hydrogen-bond donors (Lipinski definition) is 2. The lowest BCUT2D eigenvalue weighted by atomic mass is 10.00. The highest BCUT2D eigenvalue weighted by Crippen LogP contribution is 2.41. The number of fused-ring (bicyclic) bond motifs is 1. The summed E-state index contributed by atoms with van der Waals surface area (Å²) in [6.07, 6.45) is 3.98. The van der Waals surface area contributed by atoms with Crippen LogP contribution in [0.25, 0.3) is 44.7 Å². The van der Waals surface area contributed by atoms with Gasteiger partial charge in [-0.2, -0.15) is 5.10 Å². The van der Waals surface area contributed by atoms with Gasteiger partial charge in [-0.15, -0.1) is 0 Å². The minimum atomic E-state index is -0.0102. The lowest BCUT2D eigenvalue weighted by Crippen LogP contribution is -1.94. The Bertz CT molecular complexity index is 1790. The van der Waals surface area contributed by atoms with E-state index in [-0.39, 0.29) is 6.61 Å². The molecule has 3 N–H and O–H groups in total. The first kappa shape index (κ1) is 25.0. The number of benzene rings is 3. The highest BCUT2D eigenvalue weighted by atomic mass is 32.2. The Morgan fingerprint density at radius 3 is 2.49 bits per heavy atom. The summed E-state index contributed by atoms with van der Waals surface area (Å²) in [6, 6.07) is 28.6. The van der Waals surface area contributed by atoms with Crippen LogP contribution in [-0.2, 0) is 13.2 Å². The number of aryl methyl sites for hydroxylation is 2. The molecule has 3 aromatic heterocycles. The molecule has 6 nitrogen and oxygen atoms in total. The molecule has 0 unspecified atom stereocenters. The van der Waals surface area contributed by atoms with E-state index in [2.05, 4.69) is 66.5 Å². The first-order valence-corrected chi connectivity index (χ1v) is 13.7. The topological polar surface area (TPSA) is 81.9 Å². The third kappa shape index (κ3) is 4.82. The van der Waals surface area contributed by atoms with E-state index in [0.717, 1.165) is 67.4 Å².